The van der Waals surface area contributed by atoms with Gasteiger partial charge in [-0.2, -0.15) is 10.4 Å². The van der Waals surface area contributed by atoms with Crippen LogP contribution in [0.2, 0.25) is 0 Å². The van der Waals surface area contributed by atoms with E-state index in [0.29, 0.717) is 39.7 Å². The summed E-state index contributed by atoms with van der Waals surface area (Å²) in [4.78, 5) is 32.9. The summed E-state index contributed by atoms with van der Waals surface area (Å²) >= 11 is 0. The van der Waals surface area contributed by atoms with Gasteiger partial charge in [0.25, 0.3) is 5.91 Å². The number of fused-ring (bicyclic) bond motifs is 1. The second kappa shape index (κ2) is 10.6. The van der Waals surface area contributed by atoms with Crippen LogP contribution in [-0.4, -0.2) is 54.8 Å². The van der Waals surface area contributed by atoms with Crippen LogP contribution in [0.4, 0.5) is 21.6 Å². The predicted octanol–water partition coefficient (Wildman–Crippen LogP) is 3.20. The standard InChI is InChI=1S/C26H25FN8O3/c1-15(36)33-24-7-4-17(12-30-24)34-20-9-21(22-6-5-18-8-16(10-28)11-32-35(18)22)29-13-19(20)25(37)31-14-23(27)26(2,3)38/h4-9,11-13,23,38H,14H2,1-3H3,(H,29,34)(H,31,37)(H,30,33,36)/t23-/m1/s1. The molecule has 4 rings (SSSR count). The fourth-order valence-electron chi connectivity index (χ4n) is 3.54. The number of amides is 2. The Hall–Kier alpha value is -4.89. The van der Waals surface area contributed by atoms with Gasteiger partial charge in [0.1, 0.15) is 18.1 Å². The molecule has 11 nitrogen and oxygen atoms in total. The fraction of sp³-hybridized carbons (Fsp3) is 0.231. The molecule has 0 fully saturated rings. The number of alkyl halides is 1. The highest BCUT2D eigenvalue weighted by Crippen LogP contribution is 2.28. The van der Waals surface area contributed by atoms with Crippen LogP contribution >= 0.6 is 0 Å². The third-order valence-corrected chi connectivity index (χ3v) is 5.60. The molecule has 12 heteroatoms. The van der Waals surface area contributed by atoms with E-state index in [0.717, 1.165) is 0 Å². The molecule has 0 saturated heterocycles. The number of hydrogen-bond donors (Lipinski definition) is 4. The van der Waals surface area contributed by atoms with Crippen LogP contribution in [0.5, 0.6) is 0 Å². The van der Waals surface area contributed by atoms with Crippen molar-refractivity contribution in [3.8, 4) is 17.5 Å². The van der Waals surface area contributed by atoms with Gasteiger partial charge in [0.05, 0.1) is 63.9 Å². The van der Waals surface area contributed by atoms with Crippen molar-refractivity contribution in [1.82, 2.24) is 24.9 Å². The minimum absolute atomic E-state index is 0.128. The average Bonchev–Trinajstić information content (AvgIpc) is 3.30. The number of halogens is 1. The molecule has 194 valence electrons. The van der Waals surface area contributed by atoms with E-state index in [1.807, 2.05) is 0 Å². The third-order valence-electron chi connectivity index (χ3n) is 5.60. The highest BCUT2D eigenvalue weighted by atomic mass is 19.1. The van der Waals surface area contributed by atoms with Crippen molar-refractivity contribution >= 4 is 34.5 Å². The Bertz CT molecular complexity index is 1540. The van der Waals surface area contributed by atoms with Crippen LogP contribution < -0.4 is 16.0 Å². The van der Waals surface area contributed by atoms with Crippen molar-refractivity contribution in [2.45, 2.75) is 32.5 Å². The summed E-state index contributed by atoms with van der Waals surface area (Å²) < 4.78 is 15.9. The SMILES string of the molecule is CC(=O)Nc1ccc(Nc2cc(-c3ccc4cc(C#N)cnn34)ncc2C(=O)NC[C@@H](F)C(C)(C)O)cn1. The van der Waals surface area contributed by atoms with Crippen molar-refractivity contribution in [2.24, 2.45) is 0 Å². The molecule has 1 atom stereocenters. The van der Waals surface area contributed by atoms with Gasteiger partial charge in [-0.25, -0.2) is 13.9 Å². The molecule has 0 aliphatic rings. The molecule has 0 radical (unpaired) electrons. The second-order valence-corrected chi connectivity index (χ2v) is 9.10. The molecule has 0 unspecified atom stereocenters. The van der Waals surface area contributed by atoms with E-state index in [1.54, 1.807) is 40.9 Å². The normalized spacial score (nSPS) is 12.0. The molecule has 4 aromatic rings. The first kappa shape index (κ1) is 26.2. The first-order chi connectivity index (χ1) is 18.0. The summed E-state index contributed by atoms with van der Waals surface area (Å²) in [6.07, 6.45) is 2.59. The monoisotopic (exact) mass is 516 g/mol. The number of aromatic nitrogens is 4. The number of carbonyl (C=O) groups excluding carboxylic acids is 2. The minimum Gasteiger partial charge on any atom is -0.387 e. The highest BCUT2D eigenvalue weighted by molar-refractivity contribution is 6.00. The molecular formula is C26H25FN8O3. The van der Waals surface area contributed by atoms with Crippen LogP contribution in [0.1, 0.15) is 36.7 Å². The van der Waals surface area contributed by atoms with Gasteiger partial charge in [-0.3, -0.25) is 14.6 Å². The van der Waals surface area contributed by atoms with Gasteiger partial charge < -0.3 is 21.1 Å². The van der Waals surface area contributed by atoms with Crippen LogP contribution in [-0.2, 0) is 4.79 Å². The summed E-state index contributed by atoms with van der Waals surface area (Å²) in [5.74, 6) is -0.499. The quantitative estimate of drug-likeness (QED) is 0.278. The molecule has 0 spiro atoms. The maximum absolute atomic E-state index is 14.2. The number of nitrogens with one attached hydrogen (secondary N) is 3. The Labute approximate surface area is 217 Å². The lowest BCUT2D eigenvalue weighted by atomic mass is 10.0. The minimum atomic E-state index is -1.68. The molecule has 0 aliphatic heterocycles. The smallest absolute Gasteiger partial charge is 0.255 e. The van der Waals surface area contributed by atoms with Crippen LogP contribution in [0, 0.1) is 11.3 Å². The summed E-state index contributed by atoms with van der Waals surface area (Å²) in [5, 5.41) is 31.5. The Balaban J connectivity index is 1.69. The Kier molecular flexibility index (Phi) is 7.31. The zero-order valence-electron chi connectivity index (χ0n) is 20.9. The lowest BCUT2D eigenvalue weighted by Gasteiger charge is -2.22. The summed E-state index contributed by atoms with van der Waals surface area (Å²) in [6, 6.07) is 12.2. The van der Waals surface area contributed by atoms with Crippen molar-refractivity contribution in [3.63, 3.8) is 0 Å². The predicted molar refractivity (Wildman–Crippen MR) is 138 cm³/mol. The zero-order chi connectivity index (χ0) is 27.4. The van der Waals surface area contributed by atoms with Gasteiger partial charge in [0, 0.05) is 13.1 Å². The number of carbonyl (C=O) groups is 2. The first-order valence-electron chi connectivity index (χ1n) is 11.6. The Morgan fingerprint density at radius 3 is 2.61 bits per heavy atom. The number of nitriles is 1. The highest BCUT2D eigenvalue weighted by Gasteiger charge is 2.27. The Morgan fingerprint density at radius 2 is 1.95 bits per heavy atom. The first-order valence-corrected chi connectivity index (χ1v) is 11.6. The summed E-state index contributed by atoms with van der Waals surface area (Å²) in [7, 11) is 0. The van der Waals surface area contributed by atoms with Crippen molar-refractivity contribution in [2.75, 3.05) is 17.2 Å². The number of hydrogen-bond acceptors (Lipinski definition) is 8. The molecule has 0 aliphatic carbocycles. The van der Waals surface area contributed by atoms with Gasteiger partial charge in [0.2, 0.25) is 5.91 Å². The maximum atomic E-state index is 14.2. The zero-order valence-corrected chi connectivity index (χ0v) is 20.9. The molecule has 4 N–H and O–H groups in total. The van der Waals surface area contributed by atoms with E-state index < -0.39 is 24.2 Å². The van der Waals surface area contributed by atoms with Gasteiger partial charge in [-0.1, -0.05) is 0 Å². The number of aliphatic hydroxyl groups is 1. The second-order valence-electron chi connectivity index (χ2n) is 9.10. The molecule has 0 aromatic carbocycles. The average molecular weight is 517 g/mol. The van der Waals surface area contributed by atoms with E-state index >= 15 is 0 Å². The molecule has 0 saturated carbocycles. The largest absolute Gasteiger partial charge is 0.387 e. The lowest BCUT2D eigenvalue weighted by molar-refractivity contribution is -0.114. The van der Waals surface area contributed by atoms with Crippen molar-refractivity contribution < 1.29 is 19.1 Å². The Morgan fingerprint density at radius 1 is 1.16 bits per heavy atom. The molecular weight excluding hydrogens is 491 g/mol. The fourth-order valence-corrected chi connectivity index (χ4v) is 3.54. The van der Waals surface area contributed by atoms with Gasteiger partial charge >= 0.3 is 0 Å². The molecule has 38 heavy (non-hydrogen) atoms. The number of nitrogens with zero attached hydrogens (tertiary/aromatic N) is 5. The molecule has 4 aromatic heterocycles. The summed E-state index contributed by atoms with van der Waals surface area (Å²) in [5.41, 5.74) is 1.57. The van der Waals surface area contributed by atoms with Crippen LogP contribution in [0.15, 0.2) is 55.0 Å². The number of anilines is 3. The number of pyridine rings is 2. The maximum Gasteiger partial charge on any atom is 0.255 e. The lowest BCUT2D eigenvalue weighted by Crippen LogP contribution is -2.42. The van der Waals surface area contributed by atoms with Gasteiger partial charge in [-0.05, 0) is 50.2 Å². The number of rotatable bonds is 8. The van der Waals surface area contributed by atoms with Crippen molar-refractivity contribution in [3.05, 3.63) is 66.1 Å². The third kappa shape index (κ3) is 5.91. The van der Waals surface area contributed by atoms with E-state index in [2.05, 4.69) is 37.1 Å². The summed E-state index contributed by atoms with van der Waals surface area (Å²) in [6.45, 7) is 3.61. The van der Waals surface area contributed by atoms with Gasteiger partial charge in [-0.15, -0.1) is 0 Å². The molecule has 0 bridgehead atoms. The topological polar surface area (TPSA) is 157 Å². The van der Waals surface area contributed by atoms with E-state index in [1.165, 1.54) is 39.4 Å². The van der Waals surface area contributed by atoms with E-state index in [-0.39, 0.29) is 11.5 Å². The molecule has 2 amide bonds. The van der Waals surface area contributed by atoms with Crippen LogP contribution in [0.25, 0.3) is 16.9 Å². The van der Waals surface area contributed by atoms with Crippen LogP contribution in [0.3, 0.4) is 0 Å². The molecule has 4 heterocycles. The van der Waals surface area contributed by atoms with Gasteiger partial charge in [0.15, 0.2) is 0 Å². The van der Waals surface area contributed by atoms with E-state index in [9.17, 15) is 19.1 Å². The van der Waals surface area contributed by atoms with Crippen molar-refractivity contribution in [1.29, 1.82) is 5.26 Å². The van der Waals surface area contributed by atoms with E-state index in [4.69, 9.17) is 5.26 Å².